The van der Waals surface area contributed by atoms with E-state index in [9.17, 15) is 0 Å². The highest BCUT2D eigenvalue weighted by atomic mass is 32.1. The van der Waals surface area contributed by atoms with Crippen molar-refractivity contribution in [2.75, 3.05) is 0 Å². The van der Waals surface area contributed by atoms with Crippen LogP contribution in [0.5, 0.6) is 0 Å². The van der Waals surface area contributed by atoms with Crippen LogP contribution in [0.4, 0.5) is 0 Å². The van der Waals surface area contributed by atoms with Gasteiger partial charge in [0.15, 0.2) is 24.8 Å². The zero-order valence-corrected chi connectivity index (χ0v) is 61.7. The van der Waals surface area contributed by atoms with Crippen molar-refractivity contribution in [3.63, 3.8) is 0 Å². The molecule has 0 aliphatic rings. The first-order chi connectivity index (χ1) is 44.0. The molecule has 12 rings (SSSR count). The van der Waals surface area contributed by atoms with Gasteiger partial charge in [-0.1, -0.05) is 175 Å². The molecule has 10 heteroatoms. The highest BCUT2D eigenvalue weighted by molar-refractivity contribution is 7.25. The van der Waals surface area contributed by atoms with E-state index in [1.807, 2.05) is 245 Å². The highest BCUT2D eigenvalue weighted by Crippen LogP contribution is 2.38. The van der Waals surface area contributed by atoms with Crippen LogP contribution >= 0.6 is 11.3 Å². The lowest BCUT2D eigenvalue weighted by Crippen LogP contribution is -2.30. The van der Waals surface area contributed by atoms with Gasteiger partial charge in [0.2, 0.25) is 22.8 Å². The van der Waals surface area contributed by atoms with Crippen molar-refractivity contribution >= 4 is 53.4 Å². The summed E-state index contributed by atoms with van der Waals surface area (Å²) in [6.07, 6.45) is 15.0. The zero-order chi connectivity index (χ0) is 68.7. The van der Waals surface area contributed by atoms with E-state index in [-0.39, 0.29) is 0 Å². The minimum absolute atomic E-state index is 0.945. The van der Waals surface area contributed by atoms with Crippen molar-refractivity contribution in [2.24, 2.45) is 28.2 Å². The van der Waals surface area contributed by atoms with Crippen molar-refractivity contribution in [2.45, 2.75) is 166 Å². The Kier molecular flexibility index (Phi) is 46.1. The molecule has 90 heavy (non-hydrogen) atoms. The number of hydrogen-bond donors (Lipinski definition) is 0. The molecule has 0 unspecified atom stereocenters. The molecule has 0 amide bonds. The van der Waals surface area contributed by atoms with Crippen LogP contribution in [0.25, 0.3) is 87.3 Å². The van der Waals surface area contributed by atoms with Crippen molar-refractivity contribution in [3.8, 4) is 45.2 Å². The normalized spacial score (nSPS) is 9.11. The van der Waals surface area contributed by atoms with Crippen LogP contribution in [0.3, 0.4) is 0 Å². The number of rotatable bonds is 4. The van der Waals surface area contributed by atoms with Gasteiger partial charge in [0, 0.05) is 91.9 Å². The van der Waals surface area contributed by atoms with Crippen LogP contribution in [-0.4, -0.2) is 19.9 Å². The average molecular weight is 1240 g/mol. The smallest absolute Gasteiger partial charge is 0.231 e. The molecule has 0 saturated carbocycles. The SMILES string of the molecule is CC.CC.CC.CC.CC.CC.CC.CC.CC.CC.Cc1cc2c(cc1-c1cccc[n+]1C)oc1ccccc12.Cc1cc2c(cc1-c1cccc[n+]1C)sc1ccccc12.Cc1cncnc1-c1cccc[n+]1C.Cc1ncncc1-c1cccc[n+]1C. The fourth-order valence-corrected chi connectivity index (χ4v) is 9.93. The lowest BCUT2D eigenvalue weighted by atomic mass is 10.0. The fourth-order valence-electron chi connectivity index (χ4n) is 8.80. The second-order valence-corrected chi connectivity index (χ2v) is 18.5. The summed E-state index contributed by atoms with van der Waals surface area (Å²) in [5.74, 6) is 0. The number of pyridine rings is 4. The number of benzene rings is 4. The predicted octanol–water partition coefficient (Wildman–Crippen LogP) is 22.1. The van der Waals surface area contributed by atoms with Gasteiger partial charge in [-0.2, -0.15) is 4.57 Å². The van der Waals surface area contributed by atoms with Gasteiger partial charge in [0.25, 0.3) is 0 Å². The van der Waals surface area contributed by atoms with Gasteiger partial charge in [-0.15, -0.1) is 11.3 Å². The molecular weight excluding hydrogens is 1120 g/mol. The summed E-state index contributed by atoms with van der Waals surface area (Å²) in [6, 6.07) is 50.6. The third-order valence-electron chi connectivity index (χ3n) is 12.5. The molecule has 0 radical (unpaired) electrons. The van der Waals surface area contributed by atoms with Crippen molar-refractivity contribution in [1.82, 2.24) is 19.9 Å². The Hall–Kier alpha value is -8.34. The van der Waals surface area contributed by atoms with Gasteiger partial charge in [-0.05, 0) is 105 Å². The minimum atomic E-state index is 0.945. The van der Waals surface area contributed by atoms with Crippen LogP contribution < -0.4 is 18.3 Å². The van der Waals surface area contributed by atoms with E-state index in [4.69, 9.17) is 4.42 Å². The summed E-state index contributed by atoms with van der Waals surface area (Å²) in [4.78, 5) is 16.5. The molecule has 0 atom stereocenters. The van der Waals surface area contributed by atoms with E-state index in [2.05, 4.69) is 182 Å². The summed E-state index contributed by atoms with van der Waals surface area (Å²) in [6.45, 7) is 48.4. The molecular formula is C80H116N8OS+4. The number of nitrogens with zero attached hydrogens (tertiary/aromatic N) is 8. The van der Waals surface area contributed by atoms with Gasteiger partial charge < -0.3 is 4.42 Å². The van der Waals surface area contributed by atoms with Gasteiger partial charge >= 0.3 is 0 Å². The number of hydrogen-bond acceptors (Lipinski definition) is 6. The number of fused-ring (bicyclic) bond motifs is 6. The summed E-state index contributed by atoms with van der Waals surface area (Å²) >= 11 is 1.88. The number of thiophene rings is 1. The quantitative estimate of drug-likeness (QED) is 0.164. The Bertz CT molecular complexity index is 3470. The molecule has 0 aliphatic heterocycles. The zero-order valence-electron chi connectivity index (χ0n) is 60.9. The molecule has 8 aromatic heterocycles. The molecule has 4 aromatic carbocycles. The molecule has 12 aromatic rings. The Balaban J connectivity index is 0. The molecule has 0 N–H and O–H groups in total. The monoisotopic (exact) mass is 1240 g/mol. The average Bonchev–Trinajstić information content (AvgIpc) is 1.62. The Morgan fingerprint density at radius 3 is 1.18 bits per heavy atom. The van der Waals surface area contributed by atoms with E-state index >= 15 is 0 Å². The second-order valence-electron chi connectivity index (χ2n) is 17.4. The topological polar surface area (TPSA) is 80.2 Å². The summed E-state index contributed by atoms with van der Waals surface area (Å²) in [5, 5.41) is 5.10. The number of aromatic nitrogens is 8. The minimum Gasteiger partial charge on any atom is -0.456 e. The van der Waals surface area contributed by atoms with Crippen LogP contribution in [-0.2, 0) is 28.2 Å². The largest absolute Gasteiger partial charge is 0.456 e. The van der Waals surface area contributed by atoms with Crippen molar-refractivity contribution < 1.29 is 22.7 Å². The van der Waals surface area contributed by atoms with Crippen LogP contribution in [0.1, 0.15) is 161 Å². The lowest BCUT2D eigenvalue weighted by molar-refractivity contribution is -0.660. The summed E-state index contributed by atoms with van der Waals surface area (Å²) in [7, 11) is 8.19. The predicted molar refractivity (Wildman–Crippen MR) is 396 cm³/mol. The van der Waals surface area contributed by atoms with E-state index in [0.717, 1.165) is 45.1 Å². The van der Waals surface area contributed by atoms with Gasteiger partial charge in [-0.25, -0.2) is 33.6 Å². The Morgan fingerprint density at radius 1 is 0.322 bits per heavy atom. The van der Waals surface area contributed by atoms with E-state index in [1.165, 1.54) is 64.6 Å². The van der Waals surface area contributed by atoms with Gasteiger partial charge in [-0.3, -0.25) is 0 Å². The summed E-state index contributed by atoms with van der Waals surface area (Å²) < 4.78 is 17.2. The van der Waals surface area contributed by atoms with Crippen LogP contribution in [0.2, 0.25) is 0 Å². The van der Waals surface area contributed by atoms with E-state index in [0.29, 0.717) is 0 Å². The van der Waals surface area contributed by atoms with Crippen LogP contribution in [0, 0.1) is 27.7 Å². The highest BCUT2D eigenvalue weighted by Gasteiger charge is 2.18. The lowest BCUT2D eigenvalue weighted by Gasteiger charge is -2.05. The fraction of sp³-hybridized carbons (Fsp3) is 0.350. The molecule has 0 fully saturated rings. The molecule has 9 nitrogen and oxygen atoms in total. The second kappa shape index (κ2) is 49.5. The van der Waals surface area contributed by atoms with Crippen molar-refractivity contribution in [1.29, 1.82) is 0 Å². The van der Waals surface area contributed by atoms with Crippen LogP contribution in [0.15, 0.2) is 200 Å². The molecule has 0 aliphatic carbocycles. The number of aryl methyl sites for hydroxylation is 8. The number of para-hydroxylation sites is 1. The maximum atomic E-state index is 6.00. The van der Waals surface area contributed by atoms with Gasteiger partial charge in [0.1, 0.15) is 57.7 Å². The van der Waals surface area contributed by atoms with E-state index in [1.54, 1.807) is 12.7 Å². The molecule has 0 saturated heterocycles. The first kappa shape index (κ1) is 83.7. The van der Waals surface area contributed by atoms with Crippen molar-refractivity contribution in [3.05, 3.63) is 218 Å². The van der Waals surface area contributed by atoms with Gasteiger partial charge in [0.05, 0.1) is 22.4 Å². The molecule has 484 valence electrons. The maximum absolute atomic E-state index is 6.00. The standard InChI is InChI=1S/C19H16NO.C19H16NS.2C11H12N3.10C2H6/c2*1-13-11-16-14-7-3-4-9-18(14)21-19(16)12-15(13)17-8-5-6-10-20(17)2;1-9-10(7-12-8-13-9)11-5-3-4-6-14(11)2;1-9-7-12-8-13-11(9)10-5-3-4-6-14(10)2;10*1-2/h2*3-12H,1-2H3;2*3-8H,1-2H3;10*1-2H3/q4*+1;;;;;;;;;;. The summed E-state index contributed by atoms with van der Waals surface area (Å²) in [5.41, 5.74) is 15.9. The first-order valence-electron chi connectivity index (χ1n) is 33.2. The number of furan rings is 1. The molecule has 8 heterocycles. The third-order valence-corrected chi connectivity index (χ3v) is 13.7. The third kappa shape index (κ3) is 23.9. The molecule has 0 spiro atoms. The Morgan fingerprint density at radius 2 is 0.711 bits per heavy atom. The molecule has 0 bridgehead atoms. The Labute approximate surface area is 550 Å². The van der Waals surface area contributed by atoms with E-state index < -0.39 is 0 Å². The first-order valence-corrected chi connectivity index (χ1v) is 34.0. The maximum Gasteiger partial charge on any atom is 0.231 e.